The van der Waals surface area contributed by atoms with Gasteiger partial charge in [-0.1, -0.05) is 30.3 Å². The number of nitrogens with zero attached hydrogens (tertiary/aromatic N) is 1. The van der Waals surface area contributed by atoms with Crippen molar-refractivity contribution in [3.05, 3.63) is 59.7 Å². The Kier molecular flexibility index (Phi) is 5.59. The SMILES string of the molecule is COc1cc(C#N)ccc1O[C@H](C)C(=O)NCc1ccccc1. The summed E-state index contributed by atoms with van der Waals surface area (Å²) in [5.41, 5.74) is 1.49. The van der Waals surface area contributed by atoms with Gasteiger partial charge < -0.3 is 14.8 Å². The summed E-state index contributed by atoms with van der Waals surface area (Å²) >= 11 is 0. The van der Waals surface area contributed by atoms with Gasteiger partial charge in [-0.05, 0) is 24.6 Å². The van der Waals surface area contributed by atoms with Gasteiger partial charge in [-0.15, -0.1) is 0 Å². The zero-order chi connectivity index (χ0) is 16.7. The number of hydrogen-bond donors (Lipinski definition) is 1. The summed E-state index contributed by atoms with van der Waals surface area (Å²) < 4.78 is 10.8. The van der Waals surface area contributed by atoms with E-state index >= 15 is 0 Å². The van der Waals surface area contributed by atoms with E-state index in [-0.39, 0.29) is 5.91 Å². The molecular weight excluding hydrogens is 292 g/mol. The minimum Gasteiger partial charge on any atom is -0.493 e. The van der Waals surface area contributed by atoms with Crippen LogP contribution in [-0.2, 0) is 11.3 Å². The molecule has 23 heavy (non-hydrogen) atoms. The lowest BCUT2D eigenvalue weighted by Gasteiger charge is -2.17. The third kappa shape index (κ3) is 4.48. The van der Waals surface area contributed by atoms with Crippen LogP contribution in [0.25, 0.3) is 0 Å². The van der Waals surface area contributed by atoms with Gasteiger partial charge >= 0.3 is 0 Å². The van der Waals surface area contributed by atoms with Crippen LogP contribution in [0.4, 0.5) is 0 Å². The fourth-order valence-corrected chi connectivity index (χ4v) is 2.01. The zero-order valence-electron chi connectivity index (χ0n) is 13.1. The molecule has 118 valence electrons. The lowest BCUT2D eigenvalue weighted by molar-refractivity contribution is -0.127. The highest BCUT2D eigenvalue weighted by molar-refractivity contribution is 5.80. The Morgan fingerprint density at radius 3 is 2.61 bits per heavy atom. The quantitative estimate of drug-likeness (QED) is 0.890. The molecule has 2 rings (SSSR count). The molecule has 0 unspecified atom stereocenters. The maximum atomic E-state index is 12.1. The number of methoxy groups -OCH3 is 1. The van der Waals surface area contributed by atoms with Crippen LogP contribution >= 0.6 is 0 Å². The Hall–Kier alpha value is -3.00. The average molecular weight is 310 g/mol. The van der Waals surface area contributed by atoms with E-state index in [1.807, 2.05) is 36.4 Å². The Labute approximate surface area is 135 Å². The van der Waals surface area contributed by atoms with Gasteiger partial charge in [-0.25, -0.2) is 0 Å². The first kappa shape index (κ1) is 16.4. The monoisotopic (exact) mass is 310 g/mol. The summed E-state index contributed by atoms with van der Waals surface area (Å²) in [6.07, 6.45) is -0.680. The highest BCUT2D eigenvalue weighted by Gasteiger charge is 2.16. The molecule has 2 aromatic rings. The summed E-state index contributed by atoms with van der Waals surface area (Å²) in [6, 6.07) is 16.5. The van der Waals surface area contributed by atoms with E-state index in [0.29, 0.717) is 23.6 Å². The van der Waals surface area contributed by atoms with Crippen LogP contribution in [-0.4, -0.2) is 19.1 Å². The second kappa shape index (κ2) is 7.85. The maximum Gasteiger partial charge on any atom is 0.261 e. The number of benzene rings is 2. The molecule has 2 aromatic carbocycles. The van der Waals surface area contributed by atoms with Crippen molar-refractivity contribution < 1.29 is 14.3 Å². The Morgan fingerprint density at radius 2 is 1.96 bits per heavy atom. The predicted molar refractivity (Wildman–Crippen MR) is 86.1 cm³/mol. The summed E-state index contributed by atoms with van der Waals surface area (Å²) in [5.74, 6) is 0.626. The van der Waals surface area contributed by atoms with Gasteiger partial charge in [0.05, 0.1) is 18.7 Å². The third-order valence-corrected chi connectivity index (χ3v) is 3.28. The number of nitrogens with one attached hydrogen (secondary N) is 1. The number of carbonyl (C=O) groups excluding carboxylic acids is 1. The molecule has 0 aromatic heterocycles. The average Bonchev–Trinajstić information content (AvgIpc) is 2.60. The predicted octanol–water partition coefficient (Wildman–Crippen LogP) is 2.65. The Morgan fingerprint density at radius 1 is 1.22 bits per heavy atom. The minimum atomic E-state index is -0.680. The van der Waals surface area contributed by atoms with Crippen LogP contribution in [0, 0.1) is 11.3 Å². The van der Waals surface area contributed by atoms with Crippen molar-refractivity contribution in [2.45, 2.75) is 19.6 Å². The van der Waals surface area contributed by atoms with Gasteiger partial charge in [0.1, 0.15) is 0 Å². The number of ether oxygens (including phenoxy) is 2. The molecule has 0 spiro atoms. The molecule has 0 aliphatic heterocycles. The molecule has 5 heteroatoms. The topological polar surface area (TPSA) is 71.3 Å². The van der Waals surface area contributed by atoms with E-state index in [4.69, 9.17) is 14.7 Å². The summed E-state index contributed by atoms with van der Waals surface area (Å²) in [5, 5.41) is 11.7. The Balaban J connectivity index is 1.97. The highest BCUT2D eigenvalue weighted by Crippen LogP contribution is 2.28. The largest absolute Gasteiger partial charge is 0.493 e. The minimum absolute atomic E-state index is 0.222. The summed E-state index contributed by atoms with van der Waals surface area (Å²) in [6.45, 7) is 2.11. The molecule has 0 saturated heterocycles. The van der Waals surface area contributed by atoms with Gasteiger partial charge in [0, 0.05) is 12.6 Å². The van der Waals surface area contributed by atoms with Crippen molar-refractivity contribution in [2.75, 3.05) is 7.11 Å². The number of hydrogen-bond acceptors (Lipinski definition) is 4. The van der Waals surface area contributed by atoms with Gasteiger partial charge in [0.25, 0.3) is 5.91 Å². The lowest BCUT2D eigenvalue weighted by atomic mass is 10.2. The number of rotatable bonds is 6. The molecule has 0 radical (unpaired) electrons. The molecule has 0 fully saturated rings. The standard InChI is InChI=1S/C18H18N2O3/c1-13(18(21)20-12-14-6-4-3-5-7-14)23-16-9-8-15(11-19)10-17(16)22-2/h3-10,13H,12H2,1-2H3,(H,20,21)/t13-/m1/s1. The molecule has 0 aliphatic carbocycles. The van der Waals surface area contributed by atoms with Gasteiger partial charge in [-0.3, -0.25) is 4.79 Å². The molecule has 1 atom stereocenters. The van der Waals surface area contributed by atoms with Crippen LogP contribution in [0.15, 0.2) is 48.5 Å². The molecule has 0 bridgehead atoms. The third-order valence-electron chi connectivity index (χ3n) is 3.28. The molecule has 5 nitrogen and oxygen atoms in total. The van der Waals surface area contributed by atoms with E-state index < -0.39 is 6.10 Å². The van der Waals surface area contributed by atoms with E-state index in [9.17, 15) is 4.79 Å². The number of amides is 1. The highest BCUT2D eigenvalue weighted by atomic mass is 16.5. The molecule has 0 heterocycles. The maximum absolute atomic E-state index is 12.1. The Bertz CT molecular complexity index is 708. The summed E-state index contributed by atoms with van der Waals surface area (Å²) in [4.78, 5) is 12.1. The molecular formula is C18H18N2O3. The molecule has 1 amide bonds. The second-order valence-corrected chi connectivity index (χ2v) is 4.94. The normalized spacial score (nSPS) is 11.2. The fourth-order valence-electron chi connectivity index (χ4n) is 2.01. The van der Waals surface area contributed by atoms with Crippen molar-refractivity contribution in [3.63, 3.8) is 0 Å². The van der Waals surface area contributed by atoms with Gasteiger partial charge in [0.2, 0.25) is 0 Å². The van der Waals surface area contributed by atoms with Crippen LogP contribution in [0.3, 0.4) is 0 Å². The van der Waals surface area contributed by atoms with E-state index in [1.165, 1.54) is 7.11 Å². The van der Waals surface area contributed by atoms with Gasteiger partial charge in [-0.2, -0.15) is 5.26 Å². The smallest absolute Gasteiger partial charge is 0.261 e. The fraction of sp³-hybridized carbons (Fsp3) is 0.222. The van der Waals surface area contributed by atoms with Crippen LogP contribution < -0.4 is 14.8 Å². The molecule has 1 N–H and O–H groups in total. The second-order valence-electron chi connectivity index (χ2n) is 4.94. The number of nitriles is 1. The first-order chi connectivity index (χ1) is 11.1. The van der Waals surface area contributed by atoms with Crippen molar-refractivity contribution in [3.8, 4) is 17.6 Å². The number of carbonyl (C=O) groups is 1. The van der Waals surface area contributed by atoms with Crippen LogP contribution in [0.5, 0.6) is 11.5 Å². The van der Waals surface area contributed by atoms with Gasteiger partial charge in [0.15, 0.2) is 17.6 Å². The first-order valence-electron chi connectivity index (χ1n) is 7.20. The van der Waals surface area contributed by atoms with Crippen molar-refractivity contribution >= 4 is 5.91 Å². The van der Waals surface area contributed by atoms with Crippen LogP contribution in [0.2, 0.25) is 0 Å². The first-order valence-corrected chi connectivity index (χ1v) is 7.20. The van der Waals surface area contributed by atoms with E-state index in [2.05, 4.69) is 5.32 Å². The van der Waals surface area contributed by atoms with Crippen LogP contribution in [0.1, 0.15) is 18.1 Å². The van der Waals surface area contributed by atoms with Crippen molar-refractivity contribution in [1.82, 2.24) is 5.32 Å². The van der Waals surface area contributed by atoms with Crippen molar-refractivity contribution in [1.29, 1.82) is 5.26 Å². The van der Waals surface area contributed by atoms with E-state index in [0.717, 1.165) is 5.56 Å². The van der Waals surface area contributed by atoms with Crippen molar-refractivity contribution in [2.24, 2.45) is 0 Å². The zero-order valence-corrected chi connectivity index (χ0v) is 13.1. The summed E-state index contributed by atoms with van der Waals surface area (Å²) in [7, 11) is 1.49. The molecule has 0 saturated carbocycles. The van der Waals surface area contributed by atoms with E-state index in [1.54, 1.807) is 25.1 Å². The molecule has 0 aliphatic rings. The lowest BCUT2D eigenvalue weighted by Crippen LogP contribution is -2.35.